The first-order valence-corrected chi connectivity index (χ1v) is 5.70. The molecule has 2 heterocycles. The monoisotopic (exact) mass is 214 g/mol. The fourth-order valence-corrected chi connectivity index (χ4v) is 2.75. The minimum Gasteiger partial charge on any atom is -0.366 e. The van der Waals surface area contributed by atoms with Crippen LogP contribution in [-0.2, 0) is 16.9 Å². The Balaban J connectivity index is 2.02. The van der Waals surface area contributed by atoms with E-state index in [1.165, 1.54) is 11.1 Å². The van der Waals surface area contributed by atoms with Gasteiger partial charge in [0.25, 0.3) is 0 Å². The third-order valence-corrected chi connectivity index (χ3v) is 3.62. The second kappa shape index (κ2) is 3.58. The van der Waals surface area contributed by atoms with Gasteiger partial charge in [0.2, 0.25) is 0 Å². The number of rotatable bonds is 0. The van der Waals surface area contributed by atoms with Crippen molar-refractivity contribution in [2.45, 2.75) is 25.0 Å². The molecule has 0 amide bonds. The van der Waals surface area contributed by atoms with E-state index in [9.17, 15) is 0 Å². The molecule has 0 radical (unpaired) electrons. The van der Waals surface area contributed by atoms with Crippen molar-refractivity contribution in [3.05, 3.63) is 40.7 Å². The number of hydrogen-bond acceptors (Lipinski definition) is 2. The minimum atomic E-state index is -0.0683. The first-order valence-electron chi connectivity index (χ1n) is 5.70. The van der Waals surface area contributed by atoms with Crippen LogP contribution in [0.4, 0.5) is 5.69 Å². The van der Waals surface area contributed by atoms with Crippen LogP contribution in [0.3, 0.4) is 0 Å². The van der Waals surface area contributed by atoms with Crippen LogP contribution in [0.2, 0.25) is 0 Å². The van der Waals surface area contributed by atoms with Gasteiger partial charge >= 0.3 is 0 Å². The molecule has 0 atom stereocenters. The zero-order chi connectivity index (χ0) is 11.0. The first kappa shape index (κ1) is 9.83. The van der Waals surface area contributed by atoms with E-state index in [0.29, 0.717) is 12.3 Å². The lowest BCUT2D eigenvalue weighted by atomic mass is 9.84. The molecule has 1 aromatic rings. The van der Waals surface area contributed by atoms with E-state index in [2.05, 4.69) is 16.2 Å². The van der Waals surface area contributed by atoms with Crippen LogP contribution in [0.1, 0.15) is 24.0 Å². The molecule has 1 N–H and O–H groups in total. The van der Waals surface area contributed by atoms with Crippen molar-refractivity contribution in [1.82, 2.24) is 5.32 Å². The van der Waals surface area contributed by atoms with Crippen LogP contribution in [0.15, 0.2) is 18.2 Å². The molecule has 16 heavy (non-hydrogen) atoms. The standard InChI is InChI=1S/C13H14N2O/c1-14-11-2-3-12-10(8-11)9-16-13(12)4-6-15-7-5-13/h2-3,8,15H,4-7,9H2. The molecule has 1 fully saturated rings. The van der Waals surface area contributed by atoms with Crippen LogP contribution < -0.4 is 5.32 Å². The van der Waals surface area contributed by atoms with E-state index in [1.807, 2.05) is 12.1 Å². The van der Waals surface area contributed by atoms with E-state index < -0.39 is 0 Å². The van der Waals surface area contributed by atoms with Crippen LogP contribution >= 0.6 is 0 Å². The largest absolute Gasteiger partial charge is 0.366 e. The summed E-state index contributed by atoms with van der Waals surface area (Å²) in [6, 6.07) is 5.96. The number of piperidine rings is 1. The summed E-state index contributed by atoms with van der Waals surface area (Å²) in [5.41, 5.74) is 3.16. The second-order valence-electron chi connectivity index (χ2n) is 4.49. The predicted molar refractivity (Wildman–Crippen MR) is 61.3 cm³/mol. The first-order chi connectivity index (χ1) is 7.84. The highest BCUT2D eigenvalue weighted by Crippen LogP contribution is 2.43. The quantitative estimate of drug-likeness (QED) is 0.671. The van der Waals surface area contributed by atoms with E-state index in [-0.39, 0.29) is 5.60 Å². The van der Waals surface area contributed by atoms with Gasteiger partial charge in [-0.3, -0.25) is 0 Å². The Labute approximate surface area is 95.2 Å². The maximum absolute atomic E-state index is 7.02. The topological polar surface area (TPSA) is 25.6 Å². The lowest BCUT2D eigenvalue weighted by molar-refractivity contribution is -0.0590. The Bertz CT molecular complexity index is 455. The van der Waals surface area contributed by atoms with Gasteiger partial charge in [-0.25, -0.2) is 4.85 Å². The van der Waals surface area contributed by atoms with E-state index in [1.54, 1.807) is 0 Å². The van der Waals surface area contributed by atoms with E-state index in [0.717, 1.165) is 25.9 Å². The highest BCUT2D eigenvalue weighted by atomic mass is 16.5. The van der Waals surface area contributed by atoms with Crippen LogP contribution in [0, 0.1) is 6.57 Å². The fraction of sp³-hybridized carbons (Fsp3) is 0.462. The smallest absolute Gasteiger partial charge is 0.187 e. The van der Waals surface area contributed by atoms with Crippen molar-refractivity contribution in [1.29, 1.82) is 0 Å². The van der Waals surface area contributed by atoms with E-state index in [4.69, 9.17) is 11.3 Å². The maximum Gasteiger partial charge on any atom is 0.187 e. The third-order valence-electron chi connectivity index (χ3n) is 3.62. The lowest BCUT2D eigenvalue weighted by Crippen LogP contribution is -2.39. The molecular weight excluding hydrogens is 200 g/mol. The molecule has 3 nitrogen and oxygen atoms in total. The van der Waals surface area contributed by atoms with Crippen molar-refractivity contribution in [2.24, 2.45) is 0 Å². The van der Waals surface area contributed by atoms with Gasteiger partial charge in [0.05, 0.1) is 18.8 Å². The maximum atomic E-state index is 7.02. The SMILES string of the molecule is [C-]#[N+]c1ccc2c(c1)COC21CCNCC1. The molecule has 0 bridgehead atoms. The zero-order valence-electron chi connectivity index (χ0n) is 9.12. The molecule has 82 valence electrons. The van der Waals surface area contributed by atoms with E-state index >= 15 is 0 Å². The Hall–Kier alpha value is -1.37. The summed E-state index contributed by atoms with van der Waals surface area (Å²) in [5, 5.41) is 3.36. The van der Waals surface area contributed by atoms with Crippen molar-refractivity contribution < 1.29 is 4.74 Å². The number of nitrogens with one attached hydrogen (secondary N) is 1. The summed E-state index contributed by atoms with van der Waals surface area (Å²) in [4.78, 5) is 3.46. The van der Waals surface area contributed by atoms with Crippen molar-refractivity contribution >= 4 is 5.69 Å². The number of benzene rings is 1. The second-order valence-corrected chi connectivity index (χ2v) is 4.49. The Morgan fingerprint density at radius 2 is 2.12 bits per heavy atom. The molecule has 0 unspecified atom stereocenters. The minimum absolute atomic E-state index is 0.0683. The van der Waals surface area contributed by atoms with Crippen molar-refractivity contribution in [2.75, 3.05) is 13.1 Å². The zero-order valence-corrected chi connectivity index (χ0v) is 9.12. The van der Waals surface area contributed by atoms with Crippen molar-refractivity contribution in [3.8, 4) is 0 Å². The average molecular weight is 214 g/mol. The molecule has 2 aliphatic heterocycles. The normalized spacial score (nSPS) is 21.7. The summed E-state index contributed by atoms with van der Waals surface area (Å²) in [5.74, 6) is 0. The van der Waals surface area contributed by atoms with Gasteiger partial charge in [-0.1, -0.05) is 18.2 Å². The summed E-state index contributed by atoms with van der Waals surface area (Å²) in [7, 11) is 0. The summed E-state index contributed by atoms with van der Waals surface area (Å²) in [6.45, 7) is 9.72. The van der Waals surface area contributed by atoms with Gasteiger partial charge in [0.1, 0.15) is 0 Å². The molecule has 3 rings (SSSR count). The summed E-state index contributed by atoms with van der Waals surface area (Å²) >= 11 is 0. The van der Waals surface area contributed by atoms with Gasteiger partial charge in [0.15, 0.2) is 5.69 Å². The van der Waals surface area contributed by atoms with Crippen LogP contribution in [0.5, 0.6) is 0 Å². The number of nitrogens with zero attached hydrogens (tertiary/aromatic N) is 1. The van der Waals surface area contributed by atoms with Gasteiger partial charge in [0, 0.05) is 0 Å². The highest BCUT2D eigenvalue weighted by Gasteiger charge is 2.40. The van der Waals surface area contributed by atoms with Gasteiger partial charge in [-0.15, -0.1) is 0 Å². The fourth-order valence-electron chi connectivity index (χ4n) is 2.75. The lowest BCUT2D eigenvalue weighted by Gasteiger charge is -2.34. The van der Waals surface area contributed by atoms with Crippen LogP contribution in [-0.4, -0.2) is 13.1 Å². The number of ether oxygens (including phenoxy) is 1. The molecule has 1 saturated heterocycles. The number of fused-ring (bicyclic) bond motifs is 2. The molecule has 0 aliphatic carbocycles. The van der Waals surface area contributed by atoms with Gasteiger partial charge in [-0.05, 0) is 37.1 Å². The molecule has 2 aliphatic rings. The molecule has 0 aromatic heterocycles. The van der Waals surface area contributed by atoms with Gasteiger partial charge < -0.3 is 10.1 Å². The molecule has 0 saturated carbocycles. The highest BCUT2D eigenvalue weighted by molar-refractivity contribution is 5.52. The average Bonchev–Trinajstić information content (AvgIpc) is 2.69. The summed E-state index contributed by atoms with van der Waals surface area (Å²) < 4.78 is 6.01. The van der Waals surface area contributed by atoms with Crippen molar-refractivity contribution in [3.63, 3.8) is 0 Å². The Morgan fingerprint density at radius 3 is 2.88 bits per heavy atom. The van der Waals surface area contributed by atoms with Gasteiger partial charge in [-0.2, -0.15) is 0 Å². The van der Waals surface area contributed by atoms with Crippen LogP contribution in [0.25, 0.3) is 4.85 Å². The molecule has 1 aromatic carbocycles. The Morgan fingerprint density at radius 1 is 1.31 bits per heavy atom. The Kier molecular flexibility index (Phi) is 2.20. The third kappa shape index (κ3) is 1.35. The molecule has 3 heteroatoms. The molecular formula is C13H14N2O. The number of hydrogen-bond donors (Lipinski definition) is 1. The molecule has 1 spiro atoms. The predicted octanol–water partition coefficient (Wildman–Crippen LogP) is 2.35. The summed E-state index contributed by atoms with van der Waals surface area (Å²) in [6.07, 6.45) is 2.08.